The number of carbonyl (C=O) groups excluding carboxylic acids is 1. The van der Waals surface area contributed by atoms with Crippen LogP contribution >= 0.6 is 15.9 Å². The van der Waals surface area contributed by atoms with Crippen LogP contribution in [0.1, 0.15) is 16.1 Å². The first-order valence-corrected chi connectivity index (χ1v) is 5.28. The summed E-state index contributed by atoms with van der Waals surface area (Å²) < 4.78 is 38.6. The van der Waals surface area contributed by atoms with Crippen molar-refractivity contribution in [3.63, 3.8) is 0 Å². The number of halogens is 4. The normalized spacial score (nSPS) is 12.0. The molecule has 2 rings (SSSR count). The number of aromatic nitrogens is 1. The first-order chi connectivity index (χ1) is 7.80. The van der Waals surface area contributed by atoms with Gasteiger partial charge in [0.05, 0.1) is 11.1 Å². The maximum absolute atomic E-state index is 12.7. The molecule has 0 radical (unpaired) electrons. The van der Waals surface area contributed by atoms with Crippen molar-refractivity contribution in [2.45, 2.75) is 6.18 Å². The third-order valence-electron chi connectivity index (χ3n) is 2.31. The number of carbonyl (C=O) groups is 1. The van der Waals surface area contributed by atoms with Crippen molar-refractivity contribution in [3.05, 3.63) is 33.9 Å². The Kier molecular flexibility index (Phi) is 2.65. The number of benzene rings is 1. The van der Waals surface area contributed by atoms with E-state index in [4.69, 9.17) is 5.73 Å². The van der Waals surface area contributed by atoms with Crippen molar-refractivity contribution >= 4 is 32.7 Å². The zero-order chi connectivity index (χ0) is 12.8. The van der Waals surface area contributed by atoms with Gasteiger partial charge in [0.25, 0.3) is 5.91 Å². The summed E-state index contributed by atoms with van der Waals surface area (Å²) in [4.78, 5) is 13.3. The van der Waals surface area contributed by atoms with Crippen molar-refractivity contribution in [3.8, 4) is 0 Å². The third-order valence-corrected chi connectivity index (χ3v) is 3.00. The molecule has 0 spiro atoms. The number of hydrogen-bond acceptors (Lipinski definition) is 1. The second-order valence-corrected chi connectivity index (χ2v) is 4.28. The molecule has 1 aromatic heterocycles. The lowest BCUT2D eigenvalue weighted by Gasteiger charge is -2.08. The number of H-pyrrole nitrogens is 1. The Hall–Kier alpha value is -1.50. The third kappa shape index (κ3) is 2.02. The summed E-state index contributed by atoms with van der Waals surface area (Å²) in [6.07, 6.45) is -4.49. The van der Waals surface area contributed by atoms with Crippen LogP contribution < -0.4 is 5.73 Å². The van der Waals surface area contributed by atoms with Gasteiger partial charge in [-0.05, 0) is 18.2 Å². The molecule has 1 heterocycles. The average molecular weight is 307 g/mol. The molecule has 1 amide bonds. The molecule has 17 heavy (non-hydrogen) atoms. The van der Waals surface area contributed by atoms with Crippen LogP contribution in [0.5, 0.6) is 0 Å². The lowest BCUT2D eigenvalue weighted by molar-refractivity contribution is -0.136. The first-order valence-electron chi connectivity index (χ1n) is 4.49. The monoisotopic (exact) mass is 306 g/mol. The Morgan fingerprint density at radius 3 is 2.53 bits per heavy atom. The Bertz CT molecular complexity index is 603. The van der Waals surface area contributed by atoms with Crippen LogP contribution in [0.25, 0.3) is 10.9 Å². The second kappa shape index (κ2) is 3.76. The number of hydrogen-bond donors (Lipinski definition) is 2. The summed E-state index contributed by atoms with van der Waals surface area (Å²) in [6.45, 7) is 0. The standard InChI is InChI=1S/C10H6BrF3N2O/c11-6-2-1-5(10(12,13)14)8-4(6)3-7(16-8)9(15)17/h1-3,16H,(H2,15,17). The van der Waals surface area contributed by atoms with E-state index in [1.165, 1.54) is 12.1 Å². The van der Waals surface area contributed by atoms with Gasteiger partial charge in [-0.25, -0.2) is 0 Å². The number of nitrogens with one attached hydrogen (secondary N) is 1. The zero-order valence-electron chi connectivity index (χ0n) is 8.23. The minimum atomic E-state index is -4.49. The molecule has 0 saturated heterocycles. The number of alkyl halides is 3. The SMILES string of the molecule is NC(=O)c1cc2c(Br)ccc(C(F)(F)F)c2[nH]1. The number of primary amides is 1. The van der Waals surface area contributed by atoms with Gasteiger partial charge in [-0.2, -0.15) is 13.2 Å². The maximum atomic E-state index is 12.7. The lowest BCUT2D eigenvalue weighted by atomic mass is 10.1. The highest BCUT2D eigenvalue weighted by molar-refractivity contribution is 9.10. The quantitative estimate of drug-likeness (QED) is 0.836. The van der Waals surface area contributed by atoms with Crippen LogP contribution in [0.15, 0.2) is 22.7 Å². The van der Waals surface area contributed by atoms with E-state index in [0.29, 0.717) is 4.47 Å². The molecule has 0 fully saturated rings. The highest BCUT2D eigenvalue weighted by Crippen LogP contribution is 2.37. The van der Waals surface area contributed by atoms with E-state index in [2.05, 4.69) is 20.9 Å². The van der Waals surface area contributed by atoms with E-state index in [1.807, 2.05) is 0 Å². The summed E-state index contributed by atoms with van der Waals surface area (Å²) in [5.74, 6) is -0.804. The molecule has 0 aliphatic heterocycles. The molecular formula is C10H6BrF3N2O. The molecule has 0 aliphatic rings. The molecule has 7 heteroatoms. The molecule has 90 valence electrons. The number of nitrogens with two attached hydrogens (primary N) is 1. The van der Waals surface area contributed by atoms with E-state index in [0.717, 1.165) is 6.07 Å². The van der Waals surface area contributed by atoms with Gasteiger partial charge < -0.3 is 10.7 Å². The topological polar surface area (TPSA) is 58.9 Å². The van der Waals surface area contributed by atoms with Crippen molar-refractivity contribution in [1.82, 2.24) is 4.98 Å². The van der Waals surface area contributed by atoms with Crippen LogP contribution in [0.4, 0.5) is 13.2 Å². The lowest BCUT2D eigenvalue weighted by Crippen LogP contribution is -2.11. The molecule has 0 aliphatic carbocycles. The van der Waals surface area contributed by atoms with Crippen molar-refractivity contribution in [2.24, 2.45) is 5.73 Å². The number of aromatic amines is 1. The second-order valence-electron chi connectivity index (χ2n) is 3.43. The van der Waals surface area contributed by atoms with Gasteiger partial charge in [-0.15, -0.1) is 0 Å². The fourth-order valence-corrected chi connectivity index (χ4v) is 2.00. The average Bonchev–Trinajstić information content (AvgIpc) is 2.61. The Morgan fingerprint density at radius 1 is 1.35 bits per heavy atom. The van der Waals surface area contributed by atoms with Crippen molar-refractivity contribution in [1.29, 1.82) is 0 Å². The molecule has 0 atom stereocenters. The summed E-state index contributed by atoms with van der Waals surface area (Å²) in [6, 6.07) is 3.51. The van der Waals surface area contributed by atoms with Gasteiger partial charge in [0.1, 0.15) is 5.69 Å². The van der Waals surface area contributed by atoms with Gasteiger partial charge >= 0.3 is 6.18 Å². The van der Waals surface area contributed by atoms with Crippen molar-refractivity contribution in [2.75, 3.05) is 0 Å². The Morgan fingerprint density at radius 2 is 2.00 bits per heavy atom. The molecule has 0 saturated carbocycles. The van der Waals surface area contributed by atoms with Gasteiger partial charge in [-0.1, -0.05) is 15.9 Å². The highest BCUT2D eigenvalue weighted by Gasteiger charge is 2.33. The summed E-state index contributed by atoms with van der Waals surface area (Å²) in [5, 5.41) is 0.272. The van der Waals surface area contributed by atoms with Crippen molar-refractivity contribution < 1.29 is 18.0 Å². The van der Waals surface area contributed by atoms with Gasteiger partial charge in [-0.3, -0.25) is 4.79 Å². The number of amides is 1. The summed E-state index contributed by atoms with van der Waals surface area (Å²) in [5.41, 5.74) is 3.98. The smallest absolute Gasteiger partial charge is 0.364 e. The van der Waals surface area contributed by atoms with E-state index in [1.54, 1.807) is 0 Å². The number of fused-ring (bicyclic) bond motifs is 1. The molecule has 1 aromatic carbocycles. The molecular weight excluding hydrogens is 301 g/mol. The maximum Gasteiger partial charge on any atom is 0.418 e. The predicted octanol–water partition coefficient (Wildman–Crippen LogP) is 3.05. The predicted molar refractivity (Wildman–Crippen MR) is 59.5 cm³/mol. The highest BCUT2D eigenvalue weighted by atomic mass is 79.9. The van der Waals surface area contributed by atoms with E-state index >= 15 is 0 Å². The van der Waals surface area contributed by atoms with Gasteiger partial charge in [0.2, 0.25) is 0 Å². The summed E-state index contributed by atoms with van der Waals surface area (Å²) in [7, 11) is 0. The van der Waals surface area contributed by atoms with Gasteiger partial charge in [0, 0.05) is 9.86 Å². The number of rotatable bonds is 1. The fraction of sp³-hybridized carbons (Fsp3) is 0.100. The molecule has 0 unspecified atom stereocenters. The van der Waals surface area contributed by atoms with Crippen LogP contribution in [0.3, 0.4) is 0 Å². The van der Waals surface area contributed by atoms with Crippen LogP contribution in [-0.4, -0.2) is 10.9 Å². The minimum absolute atomic E-state index is 0.0580. The van der Waals surface area contributed by atoms with Crippen LogP contribution in [-0.2, 0) is 6.18 Å². The summed E-state index contributed by atoms with van der Waals surface area (Å²) >= 11 is 3.12. The van der Waals surface area contributed by atoms with E-state index in [-0.39, 0.29) is 16.6 Å². The van der Waals surface area contributed by atoms with E-state index < -0.39 is 17.6 Å². The van der Waals surface area contributed by atoms with Crippen LogP contribution in [0, 0.1) is 0 Å². The van der Waals surface area contributed by atoms with E-state index in [9.17, 15) is 18.0 Å². The Labute approximate surface area is 102 Å². The molecule has 2 aromatic rings. The minimum Gasteiger partial charge on any atom is -0.364 e. The van der Waals surface area contributed by atoms with Crippen LogP contribution in [0.2, 0.25) is 0 Å². The zero-order valence-corrected chi connectivity index (χ0v) is 9.82. The van der Waals surface area contributed by atoms with Gasteiger partial charge in [0.15, 0.2) is 0 Å². The molecule has 3 N–H and O–H groups in total. The molecule has 3 nitrogen and oxygen atoms in total. The largest absolute Gasteiger partial charge is 0.418 e. The fourth-order valence-electron chi connectivity index (χ4n) is 1.55. The Balaban J connectivity index is 2.81. The molecule has 0 bridgehead atoms. The first kappa shape index (κ1) is 12.0.